The minimum atomic E-state index is -4.28. The van der Waals surface area contributed by atoms with Crippen molar-refractivity contribution in [1.82, 2.24) is 9.88 Å². The molecule has 1 N–H and O–H groups in total. The Morgan fingerprint density at radius 3 is 2.67 bits per heavy atom. The number of carbonyl (C=O) groups excluding carboxylic acids is 1. The number of aromatic nitrogens is 1. The second-order valence-corrected chi connectivity index (χ2v) is 6.75. The van der Waals surface area contributed by atoms with Crippen LogP contribution < -0.4 is 39.6 Å². The van der Waals surface area contributed by atoms with E-state index in [1.165, 1.54) is 6.92 Å². The maximum Gasteiger partial charge on any atom is 1.00 e. The summed E-state index contributed by atoms with van der Waals surface area (Å²) in [6.07, 6.45) is 2.41. The molecule has 0 saturated heterocycles. The number of hydrogen-bond acceptors (Lipinski definition) is 5. The van der Waals surface area contributed by atoms with Crippen molar-refractivity contribution < 1.29 is 52.1 Å². The number of ether oxygens (including phenoxy) is 1. The van der Waals surface area contributed by atoms with Gasteiger partial charge in [-0.05, 0) is 30.2 Å². The van der Waals surface area contributed by atoms with Crippen molar-refractivity contribution in [2.24, 2.45) is 0 Å². The van der Waals surface area contributed by atoms with Crippen molar-refractivity contribution in [1.29, 1.82) is 0 Å². The van der Waals surface area contributed by atoms with Gasteiger partial charge >= 0.3 is 29.6 Å². The third-order valence-corrected chi connectivity index (χ3v) is 4.20. The van der Waals surface area contributed by atoms with Crippen LogP contribution in [0, 0.1) is 0 Å². The third kappa shape index (κ3) is 5.78. The van der Waals surface area contributed by atoms with Gasteiger partial charge in [0, 0.05) is 37.1 Å². The summed E-state index contributed by atoms with van der Waals surface area (Å²) in [6.45, 7) is 2.02. The van der Waals surface area contributed by atoms with E-state index >= 15 is 0 Å². The zero-order chi connectivity index (χ0) is 17.0. The molecule has 0 aliphatic carbocycles. The maximum absolute atomic E-state index is 11.0. The van der Waals surface area contributed by atoms with Crippen molar-refractivity contribution >= 4 is 26.9 Å². The van der Waals surface area contributed by atoms with Gasteiger partial charge in [-0.3, -0.25) is 4.79 Å². The van der Waals surface area contributed by atoms with Crippen LogP contribution in [-0.2, 0) is 27.9 Å². The van der Waals surface area contributed by atoms with E-state index in [1.807, 2.05) is 18.3 Å². The van der Waals surface area contributed by atoms with E-state index in [9.17, 15) is 17.8 Å². The summed E-state index contributed by atoms with van der Waals surface area (Å²) < 4.78 is 39.5. The van der Waals surface area contributed by atoms with E-state index in [0.29, 0.717) is 18.7 Å². The number of rotatable bonds is 7. The number of nitrogens with zero attached hydrogens (tertiary/aromatic N) is 1. The minimum Gasteiger partial charge on any atom is -0.748 e. The molecule has 9 heteroatoms. The maximum atomic E-state index is 11.0. The average molecular weight is 362 g/mol. The molecular weight excluding hydrogens is 343 g/mol. The van der Waals surface area contributed by atoms with Crippen LogP contribution in [0.25, 0.3) is 10.9 Å². The van der Waals surface area contributed by atoms with Crippen LogP contribution in [0.2, 0.25) is 0 Å². The molecule has 1 aromatic heterocycles. The topological polar surface area (TPSA) is 100 Å². The average Bonchev–Trinajstić information content (AvgIpc) is 2.81. The number of aryl methyl sites for hydroxylation is 1. The Bertz CT molecular complexity index is 817. The molecule has 0 aliphatic rings. The number of nitrogens with one attached hydrogen (secondary N) is 1. The summed E-state index contributed by atoms with van der Waals surface area (Å²) in [4.78, 5) is 11.0. The number of methoxy groups -OCH3 is 1. The van der Waals surface area contributed by atoms with Crippen LogP contribution in [0.15, 0.2) is 24.4 Å². The zero-order valence-electron chi connectivity index (χ0n) is 14.0. The van der Waals surface area contributed by atoms with Crippen molar-refractivity contribution in [3.63, 3.8) is 0 Å². The van der Waals surface area contributed by atoms with E-state index in [1.54, 1.807) is 17.7 Å². The molecule has 0 spiro atoms. The molecule has 0 saturated carbocycles. The van der Waals surface area contributed by atoms with Gasteiger partial charge in [0.1, 0.15) is 5.75 Å². The van der Waals surface area contributed by atoms with Crippen LogP contribution in [0.5, 0.6) is 5.75 Å². The van der Waals surface area contributed by atoms with Crippen molar-refractivity contribution in [3.8, 4) is 5.75 Å². The van der Waals surface area contributed by atoms with Gasteiger partial charge in [0.15, 0.2) is 0 Å². The Hall–Kier alpha value is -1.06. The van der Waals surface area contributed by atoms with Gasteiger partial charge in [-0.15, -0.1) is 0 Å². The fourth-order valence-electron chi connectivity index (χ4n) is 2.44. The standard InChI is InChI=1S/C15H20N2O5S.Na/c1-11(18)16-6-5-12-10-17(7-8-23(19,20)21)15-4-3-13(22-2)9-14(12)15;/h3-4,9-10H,5-8H2,1-2H3,(H,16,18)(H,19,20,21);/q;+1/p-1. The summed E-state index contributed by atoms with van der Waals surface area (Å²) in [5.41, 5.74) is 1.78. The van der Waals surface area contributed by atoms with E-state index in [0.717, 1.165) is 16.5 Å². The third-order valence-electron chi connectivity index (χ3n) is 3.52. The Kier molecular flexibility index (Phi) is 7.75. The van der Waals surface area contributed by atoms with Crippen LogP contribution in [-0.4, -0.2) is 42.9 Å². The molecule has 0 unspecified atom stereocenters. The molecule has 126 valence electrons. The zero-order valence-corrected chi connectivity index (χ0v) is 16.9. The fraction of sp³-hybridized carbons (Fsp3) is 0.400. The van der Waals surface area contributed by atoms with Crippen LogP contribution in [0.3, 0.4) is 0 Å². The van der Waals surface area contributed by atoms with Crippen molar-refractivity contribution in [2.45, 2.75) is 19.9 Å². The molecule has 24 heavy (non-hydrogen) atoms. The first-order valence-corrected chi connectivity index (χ1v) is 8.71. The fourth-order valence-corrected chi connectivity index (χ4v) is 2.86. The number of hydrogen-bond donors (Lipinski definition) is 1. The molecule has 0 atom stereocenters. The van der Waals surface area contributed by atoms with Crippen LogP contribution in [0.4, 0.5) is 0 Å². The quantitative estimate of drug-likeness (QED) is 0.448. The molecule has 1 heterocycles. The molecule has 1 amide bonds. The SMILES string of the molecule is COc1ccc2c(c1)c(CCNC(C)=O)cn2CCS(=O)(=O)[O-].[Na+]. The second kappa shape index (κ2) is 8.87. The van der Waals surface area contributed by atoms with E-state index in [2.05, 4.69) is 5.32 Å². The van der Waals surface area contributed by atoms with Gasteiger partial charge in [-0.25, -0.2) is 8.42 Å². The van der Waals surface area contributed by atoms with E-state index in [4.69, 9.17) is 4.74 Å². The summed E-state index contributed by atoms with van der Waals surface area (Å²) in [5.74, 6) is 0.116. The van der Waals surface area contributed by atoms with Crippen molar-refractivity contribution in [3.05, 3.63) is 30.0 Å². The molecular formula is C15H19N2NaO5S. The Morgan fingerprint density at radius 2 is 2.08 bits per heavy atom. The first-order valence-electron chi connectivity index (χ1n) is 7.14. The van der Waals surface area contributed by atoms with Crippen molar-refractivity contribution in [2.75, 3.05) is 19.4 Å². The van der Waals surface area contributed by atoms with Gasteiger partial charge in [0.25, 0.3) is 0 Å². The summed E-state index contributed by atoms with van der Waals surface area (Å²) in [6, 6.07) is 5.47. The molecule has 0 aliphatic heterocycles. The number of carbonyl (C=O) groups is 1. The Balaban J connectivity index is 0.00000288. The van der Waals surface area contributed by atoms with E-state index in [-0.39, 0.29) is 42.0 Å². The number of benzene rings is 1. The predicted molar refractivity (Wildman–Crippen MR) is 85.4 cm³/mol. The summed E-state index contributed by atoms with van der Waals surface area (Å²) in [5, 5.41) is 3.64. The Labute approximate surface area is 163 Å². The second-order valence-electron chi connectivity index (χ2n) is 5.23. The molecule has 7 nitrogen and oxygen atoms in total. The van der Waals surface area contributed by atoms with Crippen LogP contribution in [0.1, 0.15) is 12.5 Å². The summed E-state index contributed by atoms with van der Waals surface area (Å²) in [7, 11) is -2.71. The molecule has 2 aromatic rings. The van der Waals surface area contributed by atoms with Gasteiger partial charge in [-0.2, -0.15) is 0 Å². The normalized spacial score (nSPS) is 11.1. The van der Waals surface area contributed by atoms with E-state index < -0.39 is 15.9 Å². The molecule has 0 fully saturated rings. The first kappa shape index (κ1) is 21.0. The van der Waals surface area contributed by atoms with Crippen LogP contribution >= 0.6 is 0 Å². The van der Waals surface area contributed by atoms with Gasteiger partial charge in [-0.1, -0.05) is 0 Å². The molecule has 0 radical (unpaired) electrons. The smallest absolute Gasteiger partial charge is 0.748 e. The number of fused-ring (bicyclic) bond motifs is 1. The Morgan fingerprint density at radius 1 is 1.38 bits per heavy atom. The van der Waals surface area contributed by atoms with Gasteiger partial charge in [0.05, 0.1) is 23.0 Å². The predicted octanol–water partition coefficient (Wildman–Crippen LogP) is -2.12. The molecule has 0 bridgehead atoms. The molecule has 2 rings (SSSR count). The first-order chi connectivity index (χ1) is 10.8. The number of amides is 1. The monoisotopic (exact) mass is 362 g/mol. The van der Waals surface area contributed by atoms with Gasteiger partial charge in [0.2, 0.25) is 5.91 Å². The largest absolute Gasteiger partial charge is 1.00 e. The molecule has 1 aromatic carbocycles. The minimum absolute atomic E-state index is 0. The summed E-state index contributed by atoms with van der Waals surface area (Å²) >= 11 is 0. The van der Waals surface area contributed by atoms with Gasteiger partial charge < -0.3 is 19.2 Å².